The third kappa shape index (κ3) is 2.51. The minimum absolute atomic E-state index is 0.0996. The molecule has 1 heterocycles. The summed E-state index contributed by atoms with van der Waals surface area (Å²) in [6.45, 7) is 1.33. The van der Waals surface area contributed by atoms with E-state index in [1.807, 2.05) is 0 Å². The molecule has 0 atom stereocenters. The summed E-state index contributed by atoms with van der Waals surface area (Å²) in [4.78, 5) is 21.1. The average molecular weight is 253 g/mol. The van der Waals surface area contributed by atoms with Gasteiger partial charge in [0.05, 0.1) is 5.69 Å². The van der Waals surface area contributed by atoms with E-state index in [-0.39, 0.29) is 16.1 Å². The summed E-state index contributed by atoms with van der Waals surface area (Å²) in [5.41, 5.74) is -0.0279. The van der Waals surface area contributed by atoms with Crippen LogP contribution in [0, 0.1) is 6.92 Å². The molecule has 0 fully saturated rings. The number of hydrogen-bond acceptors (Lipinski definition) is 3. The molecule has 0 aliphatic rings. The second-order valence-electron chi connectivity index (χ2n) is 2.86. The van der Waals surface area contributed by atoms with Crippen molar-refractivity contribution in [1.82, 2.24) is 0 Å². The molecular formula is C8H6F3NO3S. The lowest BCUT2D eigenvalue weighted by molar-refractivity contribution is -0.167. The molecule has 0 radical (unpaired) electrons. The van der Waals surface area contributed by atoms with Crippen molar-refractivity contribution in [3.8, 4) is 0 Å². The lowest BCUT2D eigenvalue weighted by atomic mass is 10.2. The third-order valence-corrected chi connectivity index (χ3v) is 2.81. The van der Waals surface area contributed by atoms with Gasteiger partial charge in [0.25, 0.3) is 0 Å². The predicted octanol–water partition coefficient (Wildman–Crippen LogP) is 2.26. The summed E-state index contributed by atoms with van der Waals surface area (Å²) in [5, 5.41) is 11.4. The van der Waals surface area contributed by atoms with Crippen molar-refractivity contribution < 1.29 is 27.9 Å². The van der Waals surface area contributed by atoms with E-state index in [1.165, 1.54) is 6.92 Å². The number of carbonyl (C=O) groups is 2. The Labute approximate surface area is 91.7 Å². The fourth-order valence-corrected chi connectivity index (χ4v) is 1.80. The Morgan fingerprint density at radius 1 is 1.44 bits per heavy atom. The number of hydrogen-bond donors (Lipinski definition) is 2. The van der Waals surface area contributed by atoms with E-state index in [4.69, 9.17) is 5.11 Å². The van der Waals surface area contributed by atoms with Gasteiger partial charge in [-0.2, -0.15) is 13.2 Å². The lowest BCUT2D eigenvalue weighted by Gasteiger charge is -2.07. The molecule has 0 saturated carbocycles. The molecule has 0 aromatic carbocycles. The van der Waals surface area contributed by atoms with Gasteiger partial charge in [-0.15, -0.1) is 11.3 Å². The Bertz CT molecular complexity index is 438. The minimum Gasteiger partial charge on any atom is -0.477 e. The molecule has 1 amide bonds. The zero-order chi connectivity index (χ0) is 12.5. The van der Waals surface area contributed by atoms with E-state index >= 15 is 0 Å². The monoisotopic (exact) mass is 253 g/mol. The Balaban J connectivity index is 2.92. The molecule has 0 aliphatic heterocycles. The number of alkyl halides is 3. The number of nitrogens with one attached hydrogen (secondary N) is 1. The number of carbonyl (C=O) groups excluding carboxylic acids is 1. The van der Waals surface area contributed by atoms with Gasteiger partial charge < -0.3 is 10.4 Å². The first-order valence-electron chi connectivity index (χ1n) is 3.93. The Morgan fingerprint density at radius 2 is 2.00 bits per heavy atom. The Hall–Kier alpha value is -1.57. The molecule has 0 spiro atoms. The second kappa shape index (κ2) is 4.12. The van der Waals surface area contributed by atoms with Crippen LogP contribution in [0.3, 0.4) is 0 Å². The van der Waals surface area contributed by atoms with Crippen LogP contribution in [0.1, 0.15) is 15.2 Å². The summed E-state index contributed by atoms with van der Waals surface area (Å²) in [6, 6.07) is 0. The standard InChI is InChI=1S/C8H6F3NO3S/c1-3-4(2-16-5(3)6(13)14)12-7(15)8(9,10)11/h2H,1H3,(H,12,15)(H,13,14). The normalized spacial score (nSPS) is 11.2. The first-order valence-corrected chi connectivity index (χ1v) is 4.81. The van der Waals surface area contributed by atoms with Crippen molar-refractivity contribution in [2.24, 2.45) is 0 Å². The molecule has 2 N–H and O–H groups in total. The lowest BCUT2D eigenvalue weighted by Crippen LogP contribution is -2.30. The summed E-state index contributed by atoms with van der Waals surface area (Å²) in [5.74, 6) is -3.36. The van der Waals surface area contributed by atoms with Crippen LogP contribution in [-0.4, -0.2) is 23.2 Å². The molecule has 1 aromatic heterocycles. The number of halogens is 3. The van der Waals surface area contributed by atoms with Crippen LogP contribution in [0.4, 0.5) is 18.9 Å². The van der Waals surface area contributed by atoms with E-state index in [0.717, 1.165) is 16.7 Å². The van der Waals surface area contributed by atoms with Gasteiger partial charge in [0.2, 0.25) is 0 Å². The minimum atomic E-state index is -4.99. The summed E-state index contributed by atoms with van der Waals surface area (Å²) in [7, 11) is 0. The van der Waals surface area contributed by atoms with Gasteiger partial charge in [-0.05, 0) is 12.5 Å². The van der Waals surface area contributed by atoms with Gasteiger partial charge in [-0.25, -0.2) is 4.79 Å². The number of carboxylic acid groups (broad SMARTS) is 1. The first kappa shape index (κ1) is 12.5. The van der Waals surface area contributed by atoms with Gasteiger partial charge in [0, 0.05) is 5.38 Å². The first-order chi connectivity index (χ1) is 7.23. The maximum atomic E-state index is 11.9. The Kier molecular flexibility index (Phi) is 3.22. The smallest absolute Gasteiger partial charge is 0.471 e. The van der Waals surface area contributed by atoms with Crippen molar-refractivity contribution in [3.05, 3.63) is 15.8 Å². The van der Waals surface area contributed by atoms with E-state index < -0.39 is 18.1 Å². The van der Waals surface area contributed by atoms with Crippen LogP contribution in [0.5, 0.6) is 0 Å². The topological polar surface area (TPSA) is 66.4 Å². The number of thiophene rings is 1. The molecule has 0 bridgehead atoms. The highest BCUT2D eigenvalue weighted by atomic mass is 32.1. The van der Waals surface area contributed by atoms with E-state index in [9.17, 15) is 22.8 Å². The molecule has 4 nitrogen and oxygen atoms in total. The molecule has 8 heteroatoms. The zero-order valence-corrected chi connectivity index (χ0v) is 8.70. The molecule has 0 unspecified atom stereocenters. The maximum absolute atomic E-state index is 11.9. The highest BCUT2D eigenvalue weighted by Crippen LogP contribution is 2.28. The van der Waals surface area contributed by atoms with Crippen molar-refractivity contribution in [1.29, 1.82) is 0 Å². The number of aromatic carboxylic acids is 1. The van der Waals surface area contributed by atoms with E-state index in [2.05, 4.69) is 0 Å². The highest BCUT2D eigenvalue weighted by molar-refractivity contribution is 7.12. The van der Waals surface area contributed by atoms with Crippen LogP contribution in [0.25, 0.3) is 0 Å². The van der Waals surface area contributed by atoms with Crippen LogP contribution >= 0.6 is 11.3 Å². The van der Waals surface area contributed by atoms with Crippen LogP contribution < -0.4 is 5.32 Å². The molecule has 1 aromatic rings. The van der Waals surface area contributed by atoms with Gasteiger partial charge in [0.15, 0.2) is 0 Å². The van der Waals surface area contributed by atoms with Crippen molar-refractivity contribution >= 4 is 28.9 Å². The van der Waals surface area contributed by atoms with E-state index in [0.29, 0.717) is 0 Å². The van der Waals surface area contributed by atoms with Gasteiger partial charge in [-0.1, -0.05) is 0 Å². The molecular weight excluding hydrogens is 247 g/mol. The van der Waals surface area contributed by atoms with E-state index in [1.54, 1.807) is 5.32 Å². The van der Waals surface area contributed by atoms with Gasteiger partial charge in [0.1, 0.15) is 4.88 Å². The predicted molar refractivity (Wildman–Crippen MR) is 50.7 cm³/mol. The fourth-order valence-electron chi connectivity index (χ4n) is 0.944. The molecule has 1 rings (SSSR count). The SMILES string of the molecule is Cc1c(NC(=O)C(F)(F)F)csc1C(=O)O. The number of rotatable bonds is 2. The average Bonchev–Trinajstić information content (AvgIpc) is 2.46. The molecule has 0 saturated heterocycles. The summed E-state index contributed by atoms with van der Waals surface area (Å²) < 4.78 is 35.7. The third-order valence-electron chi connectivity index (χ3n) is 1.74. The number of carboxylic acids is 1. The van der Waals surface area contributed by atoms with Crippen LogP contribution in [-0.2, 0) is 4.79 Å². The Morgan fingerprint density at radius 3 is 2.38 bits per heavy atom. The quantitative estimate of drug-likeness (QED) is 0.849. The number of anilines is 1. The molecule has 0 aliphatic carbocycles. The van der Waals surface area contributed by atoms with Crippen molar-refractivity contribution in [3.63, 3.8) is 0 Å². The summed E-state index contributed by atoms with van der Waals surface area (Å²) in [6.07, 6.45) is -4.99. The highest BCUT2D eigenvalue weighted by Gasteiger charge is 2.39. The fraction of sp³-hybridized carbons (Fsp3) is 0.250. The maximum Gasteiger partial charge on any atom is 0.471 e. The largest absolute Gasteiger partial charge is 0.477 e. The van der Waals surface area contributed by atoms with Crippen molar-refractivity contribution in [2.45, 2.75) is 13.1 Å². The molecule has 88 valence electrons. The van der Waals surface area contributed by atoms with Crippen LogP contribution in [0.2, 0.25) is 0 Å². The van der Waals surface area contributed by atoms with Crippen LogP contribution in [0.15, 0.2) is 5.38 Å². The second-order valence-corrected chi connectivity index (χ2v) is 3.74. The number of amides is 1. The van der Waals surface area contributed by atoms with Crippen molar-refractivity contribution in [2.75, 3.05) is 5.32 Å². The summed E-state index contributed by atoms with van der Waals surface area (Å²) >= 11 is 0.755. The zero-order valence-electron chi connectivity index (χ0n) is 7.88. The van der Waals surface area contributed by atoms with Gasteiger partial charge >= 0.3 is 18.1 Å². The molecule has 16 heavy (non-hydrogen) atoms. The van der Waals surface area contributed by atoms with Gasteiger partial charge in [-0.3, -0.25) is 4.79 Å².